The van der Waals surface area contributed by atoms with Gasteiger partial charge in [-0.05, 0) is 19.1 Å². The van der Waals surface area contributed by atoms with Gasteiger partial charge in [0.25, 0.3) is 0 Å². The van der Waals surface area contributed by atoms with Crippen LogP contribution in [0, 0.1) is 6.92 Å². The summed E-state index contributed by atoms with van der Waals surface area (Å²) in [6, 6.07) is 5.36. The SMILES string of the molecule is Cc1ccc2c(c1)C(=O)CC(C)(O)O2. The minimum Gasteiger partial charge on any atom is -0.462 e. The van der Waals surface area contributed by atoms with Gasteiger partial charge in [0.2, 0.25) is 5.79 Å². The molecule has 1 atom stereocenters. The van der Waals surface area contributed by atoms with E-state index in [0.29, 0.717) is 11.3 Å². The average molecular weight is 192 g/mol. The van der Waals surface area contributed by atoms with Crippen molar-refractivity contribution in [2.75, 3.05) is 0 Å². The van der Waals surface area contributed by atoms with Crippen molar-refractivity contribution in [3.05, 3.63) is 29.3 Å². The van der Waals surface area contributed by atoms with E-state index >= 15 is 0 Å². The van der Waals surface area contributed by atoms with E-state index in [2.05, 4.69) is 0 Å². The zero-order chi connectivity index (χ0) is 10.3. The van der Waals surface area contributed by atoms with Gasteiger partial charge < -0.3 is 9.84 Å². The van der Waals surface area contributed by atoms with E-state index in [4.69, 9.17) is 4.74 Å². The quantitative estimate of drug-likeness (QED) is 0.680. The highest BCUT2D eigenvalue weighted by molar-refractivity contribution is 6.00. The van der Waals surface area contributed by atoms with Gasteiger partial charge in [-0.2, -0.15) is 0 Å². The molecule has 0 aromatic heterocycles. The molecule has 1 aromatic carbocycles. The van der Waals surface area contributed by atoms with E-state index in [1.165, 1.54) is 6.92 Å². The number of fused-ring (bicyclic) bond motifs is 1. The van der Waals surface area contributed by atoms with E-state index in [9.17, 15) is 9.90 Å². The summed E-state index contributed by atoms with van der Waals surface area (Å²) in [6.07, 6.45) is 0.0173. The highest BCUT2D eigenvalue weighted by atomic mass is 16.6. The van der Waals surface area contributed by atoms with Gasteiger partial charge >= 0.3 is 0 Å². The van der Waals surface area contributed by atoms with Crippen molar-refractivity contribution in [3.8, 4) is 5.75 Å². The first-order valence-electron chi connectivity index (χ1n) is 4.53. The van der Waals surface area contributed by atoms with Crippen LogP contribution in [-0.2, 0) is 0 Å². The Balaban J connectivity index is 2.50. The van der Waals surface area contributed by atoms with Crippen LogP contribution in [-0.4, -0.2) is 16.7 Å². The highest BCUT2D eigenvalue weighted by Gasteiger charge is 2.34. The van der Waals surface area contributed by atoms with E-state index < -0.39 is 5.79 Å². The fraction of sp³-hybridized carbons (Fsp3) is 0.364. The number of carbonyl (C=O) groups is 1. The van der Waals surface area contributed by atoms with Crippen LogP contribution in [0.15, 0.2) is 18.2 Å². The number of ketones is 1. The number of ether oxygens (including phenoxy) is 1. The lowest BCUT2D eigenvalue weighted by Gasteiger charge is -2.29. The molecule has 1 aliphatic heterocycles. The van der Waals surface area contributed by atoms with Crippen LogP contribution in [0.1, 0.15) is 29.3 Å². The summed E-state index contributed by atoms with van der Waals surface area (Å²) >= 11 is 0. The molecule has 14 heavy (non-hydrogen) atoms. The van der Waals surface area contributed by atoms with Crippen LogP contribution >= 0.6 is 0 Å². The average Bonchev–Trinajstić information content (AvgIpc) is 2.05. The number of aliphatic hydroxyl groups is 1. The predicted molar refractivity (Wildman–Crippen MR) is 51.4 cm³/mol. The molecule has 0 spiro atoms. The summed E-state index contributed by atoms with van der Waals surface area (Å²) < 4.78 is 5.28. The molecule has 0 bridgehead atoms. The Morgan fingerprint density at radius 1 is 1.50 bits per heavy atom. The lowest BCUT2D eigenvalue weighted by Crippen LogP contribution is -2.38. The molecular formula is C11H12O3. The summed E-state index contributed by atoms with van der Waals surface area (Å²) in [4.78, 5) is 11.6. The second kappa shape index (κ2) is 2.82. The van der Waals surface area contributed by atoms with Crippen LogP contribution in [0.25, 0.3) is 0 Å². The Bertz CT molecular complexity index is 394. The number of rotatable bonds is 0. The van der Waals surface area contributed by atoms with Gasteiger partial charge in [0.05, 0.1) is 12.0 Å². The summed E-state index contributed by atoms with van der Waals surface area (Å²) in [5, 5.41) is 9.62. The summed E-state index contributed by atoms with van der Waals surface area (Å²) in [5.41, 5.74) is 1.58. The third kappa shape index (κ3) is 1.51. The Morgan fingerprint density at radius 3 is 2.93 bits per heavy atom. The molecule has 1 aliphatic rings. The van der Waals surface area contributed by atoms with Crippen molar-refractivity contribution < 1.29 is 14.6 Å². The zero-order valence-electron chi connectivity index (χ0n) is 8.20. The maximum Gasteiger partial charge on any atom is 0.212 e. The van der Waals surface area contributed by atoms with E-state index in [-0.39, 0.29) is 12.2 Å². The molecule has 1 aromatic rings. The van der Waals surface area contributed by atoms with Gasteiger partial charge in [0.1, 0.15) is 5.75 Å². The van der Waals surface area contributed by atoms with Crippen molar-refractivity contribution in [2.45, 2.75) is 26.1 Å². The first kappa shape index (κ1) is 9.21. The third-order valence-corrected chi connectivity index (χ3v) is 2.25. The zero-order valence-corrected chi connectivity index (χ0v) is 8.20. The lowest BCUT2D eigenvalue weighted by molar-refractivity contribution is -0.123. The van der Waals surface area contributed by atoms with Gasteiger partial charge in [-0.1, -0.05) is 11.6 Å². The summed E-state index contributed by atoms with van der Waals surface area (Å²) in [5.74, 6) is -0.962. The Morgan fingerprint density at radius 2 is 2.21 bits per heavy atom. The summed E-state index contributed by atoms with van der Waals surface area (Å²) in [7, 11) is 0. The molecule has 1 N–H and O–H groups in total. The Kier molecular flexibility index (Phi) is 1.86. The first-order chi connectivity index (χ1) is 6.48. The fourth-order valence-electron chi connectivity index (χ4n) is 1.62. The molecule has 0 saturated carbocycles. The van der Waals surface area contributed by atoms with Crippen molar-refractivity contribution in [3.63, 3.8) is 0 Å². The van der Waals surface area contributed by atoms with Crippen molar-refractivity contribution in [2.24, 2.45) is 0 Å². The molecule has 3 nitrogen and oxygen atoms in total. The maximum absolute atomic E-state index is 11.6. The molecule has 0 radical (unpaired) electrons. The van der Waals surface area contributed by atoms with E-state index in [1.807, 2.05) is 13.0 Å². The first-order valence-corrected chi connectivity index (χ1v) is 4.53. The summed E-state index contributed by atoms with van der Waals surface area (Å²) in [6.45, 7) is 3.41. The standard InChI is InChI=1S/C11H12O3/c1-7-3-4-10-8(5-7)9(12)6-11(2,13)14-10/h3-5,13H,6H2,1-2H3. The molecule has 0 fully saturated rings. The van der Waals surface area contributed by atoms with Gasteiger partial charge in [-0.15, -0.1) is 0 Å². The van der Waals surface area contributed by atoms with Gasteiger partial charge in [0, 0.05) is 6.92 Å². The molecule has 0 saturated heterocycles. The third-order valence-electron chi connectivity index (χ3n) is 2.25. The number of Topliss-reactive ketones (excluding diaryl/α,β-unsaturated/α-hetero) is 1. The number of aryl methyl sites for hydroxylation is 1. The predicted octanol–water partition coefficient (Wildman–Crippen LogP) is 1.67. The molecule has 0 aliphatic carbocycles. The second-order valence-electron chi connectivity index (χ2n) is 3.88. The van der Waals surface area contributed by atoms with Crippen LogP contribution in [0.4, 0.5) is 0 Å². The number of hydrogen-bond acceptors (Lipinski definition) is 3. The molecule has 0 amide bonds. The minimum atomic E-state index is -1.36. The molecule has 3 heteroatoms. The van der Waals surface area contributed by atoms with Crippen LogP contribution in [0.5, 0.6) is 5.75 Å². The molecule has 1 unspecified atom stereocenters. The van der Waals surface area contributed by atoms with Gasteiger partial charge in [0.15, 0.2) is 5.78 Å². The van der Waals surface area contributed by atoms with Crippen molar-refractivity contribution >= 4 is 5.78 Å². The highest BCUT2D eigenvalue weighted by Crippen LogP contribution is 2.32. The van der Waals surface area contributed by atoms with Gasteiger partial charge in [-0.25, -0.2) is 0 Å². The topological polar surface area (TPSA) is 46.5 Å². The van der Waals surface area contributed by atoms with Crippen molar-refractivity contribution in [1.82, 2.24) is 0 Å². The molecule has 74 valence electrons. The monoisotopic (exact) mass is 192 g/mol. The van der Waals surface area contributed by atoms with Crippen molar-refractivity contribution in [1.29, 1.82) is 0 Å². The molecule has 1 heterocycles. The van der Waals surface area contributed by atoms with E-state index in [0.717, 1.165) is 5.56 Å². The maximum atomic E-state index is 11.6. The normalized spacial score (nSPS) is 25.5. The molecule has 2 rings (SSSR count). The second-order valence-corrected chi connectivity index (χ2v) is 3.88. The molecular weight excluding hydrogens is 180 g/mol. The minimum absolute atomic E-state index is 0.0173. The van der Waals surface area contributed by atoms with Crippen LogP contribution in [0.2, 0.25) is 0 Å². The van der Waals surface area contributed by atoms with Gasteiger partial charge in [-0.3, -0.25) is 4.79 Å². The number of hydrogen-bond donors (Lipinski definition) is 1. The Labute approximate surface area is 82.3 Å². The fourth-order valence-corrected chi connectivity index (χ4v) is 1.62. The Hall–Kier alpha value is -1.35. The van der Waals surface area contributed by atoms with E-state index in [1.54, 1.807) is 12.1 Å². The largest absolute Gasteiger partial charge is 0.462 e. The number of carbonyl (C=O) groups excluding carboxylic acids is 1. The lowest BCUT2D eigenvalue weighted by atomic mass is 9.98. The van der Waals surface area contributed by atoms with Crippen LogP contribution in [0.3, 0.4) is 0 Å². The smallest absolute Gasteiger partial charge is 0.212 e. The number of benzene rings is 1. The van der Waals surface area contributed by atoms with Crippen LogP contribution < -0.4 is 4.74 Å².